The van der Waals surface area contributed by atoms with E-state index in [1.165, 1.54) is 18.2 Å². The highest BCUT2D eigenvalue weighted by Gasteiger charge is 2.24. The van der Waals surface area contributed by atoms with E-state index in [9.17, 15) is 14.9 Å². The van der Waals surface area contributed by atoms with Crippen LogP contribution in [0.2, 0.25) is 0 Å². The van der Waals surface area contributed by atoms with Gasteiger partial charge >= 0.3 is 5.97 Å². The van der Waals surface area contributed by atoms with Gasteiger partial charge in [-0.1, -0.05) is 5.16 Å². The first-order valence-corrected chi connectivity index (χ1v) is 5.55. The Labute approximate surface area is 108 Å². The van der Waals surface area contributed by atoms with Crippen molar-refractivity contribution in [3.63, 3.8) is 0 Å². The van der Waals surface area contributed by atoms with Crippen LogP contribution >= 0.6 is 0 Å². The van der Waals surface area contributed by atoms with Gasteiger partial charge in [-0.15, -0.1) is 0 Å². The Morgan fingerprint density at radius 2 is 2.11 bits per heavy atom. The Morgan fingerprint density at radius 3 is 2.68 bits per heavy atom. The van der Waals surface area contributed by atoms with Crippen LogP contribution in [-0.4, -0.2) is 21.7 Å². The minimum atomic E-state index is -0.678. The highest BCUT2D eigenvalue weighted by atomic mass is 16.6. The number of benzene rings is 1. The fourth-order valence-electron chi connectivity index (χ4n) is 1.51. The number of hydrogen-bond acceptors (Lipinski definition) is 6. The van der Waals surface area contributed by atoms with Gasteiger partial charge in [0.1, 0.15) is 5.60 Å². The van der Waals surface area contributed by atoms with Crippen molar-refractivity contribution < 1.29 is 19.0 Å². The lowest BCUT2D eigenvalue weighted by Crippen LogP contribution is -2.24. The lowest BCUT2D eigenvalue weighted by Gasteiger charge is -2.18. The van der Waals surface area contributed by atoms with Gasteiger partial charge in [0.05, 0.1) is 10.3 Å². The Bertz CT molecular complexity index is 654. The maximum atomic E-state index is 11.9. The van der Waals surface area contributed by atoms with E-state index >= 15 is 0 Å². The van der Waals surface area contributed by atoms with E-state index in [2.05, 4.69) is 5.16 Å². The molecule has 0 fully saturated rings. The van der Waals surface area contributed by atoms with Crippen LogP contribution in [0.25, 0.3) is 11.0 Å². The van der Waals surface area contributed by atoms with Gasteiger partial charge in [-0.05, 0) is 26.8 Å². The number of hydrogen-bond donors (Lipinski definition) is 0. The lowest BCUT2D eigenvalue weighted by molar-refractivity contribution is -0.384. The number of esters is 1. The number of aromatic nitrogens is 1. The second kappa shape index (κ2) is 4.34. The fraction of sp³-hybridized carbons (Fsp3) is 0.333. The molecule has 0 bridgehead atoms. The number of carbonyl (C=O) groups excluding carboxylic acids is 1. The number of rotatable bonds is 2. The van der Waals surface area contributed by atoms with E-state index in [1.807, 2.05) is 0 Å². The van der Waals surface area contributed by atoms with Gasteiger partial charge in [0, 0.05) is 12.1 Å². The number of nitro groups is 1. The molecular formula is C12H12N2O5. The summed E-state index contributed by atoms with van der Waals surface area (Å²) in [5.74, 6) is -0.674. The highest BCUT2D eigenvalue weighted by molar-refractivity contribution is 6.01. The quantitative estimate of drug-likeness (QED) is 0.470. The molecule has 0 amide bonds. The second-order valence-corrected chi connectivity index (χ2v) is 4.97. The van der Waals surface area contributed by atoms with Crippen LogP contribution in [-0.2, 0) is 4.74 Å². The Balaban J connectivity index is 2.46. The van der Waals surface area contributed by atoms with Gasteiger partial charge in [-0.25, -0.2) is 4.79 Å². The molecule has 0 N–H and O–H groups in total. The summed E-state index contributed by atoms with van der Waals surface area (Å²) in [6.07, 6.45) is 0. The van der Waals surface area contributed by atoms with Gasteiger partial charge in [-0.3, -0.25) is 10.1 Å². The van der Waals surface area contributed by atoms with Crippen molar-refractivity contribution in [2.75, 3.05) is 0 Å². The zero-order valence-electron chi connectivity index (χ0n) is 10.7. The van der Waals surface area contributed by atoms with E-state index in [1.54, 1.807) is 20.8 Å². The summed E-state index contributed by atoms with van der Waals surface area (Å²) in [6.45, 7) is 5.15. The summed E-state index contributed by atoms with van der Waals surface area (Å²) in [5.41, 5.74) is -0.580. The molecule has 0 saturated heterocycles. The molecule has 2 aromatic rings. The molecule has 7 heteroatoms. The number of nitrogens with zero attached hydrogens (tertiary/aromatic N) is 2. The van der Waals surface area contributed by atoms with Crippen molar-refractivity contribution in [2.45, 2.75) is 26.4 Å². The van der Waals surface area contributed by atoms with Crippen LogP contribution in [0.5, 0.6) is 0 Å². The highest BCUT2D eigenvalue weighted by Crippen LogP contribution is 2.25. The molecule has 19 heavy (non-hydrogen) atoms. The second-order valence-electron chi connectivity index (χ2n) is 4.97. The SMILES string of the molecule is CC(C)(C)OC(=O)c1noc2ccc([N+](=O)[O-])cc12. The first kappa shape index (κ1) is 13.0. The van der Waals surface area contributed by atoms with Crippen LogP contribution in [0, 0.1) is 10.1 Å². The number of carbonyl (C=O) groups is 1. The molecule has 0 aliphatic heterocycles. The largest absolute Gasteiger partial charge is 0.455 e. The molecule has 0 saturated carbocycles. The van der Waals surface area contributed by atoms with Crippen molar-refractivity contribution in [1.82, 2.24) is 5.16 Å². The molecule has 1 heterocycles. The Kier molecular flexibility index (Phi) is 2.97. The van der Waals surface area contributed by atoms with E-state index in [0.29, 0.717) is 5.58 Å². The maximum absolute atomic E-state index is 11.9. The molecule has 1 aromatic carbocycles. The lowest BCUT2D eigenvalue weighted by atomic mass is 10.1. The summed E-state index contributed by atoms with van der Waals surface area (Å²) in [7, 11) is 0. The van der Waals surface area contributed by atoms with E-state index < -0.39 is 16.5 Å². The summed E-state index contributed by atoms with van der Waals surface area (Å²) < 4.78 is 10.1. The molecule has 7 nitrogen and oxygen atoms in total. The molecule has 0 atom stereocenters. The van der Waals surface area contributed by atoms with Crippen LogP contribution < -0.4 is 0 Å². The monoisotopic (exact) mass is 264 g/mol. The topological polar surface area (TPSA) is 95.5 Å². The third-order valence-corrected chi connectivity index (χ3v) is 2.26. The smallest absolute Gasteiger partial charge is 0.361 e. The van der Waals surface area contributed by atoms with Crippen molar-refractivity contribution in [3.8, 4) is 0 Å². The number of fused-ring (bicyclic) bond motifs is 1. The molecule has 0 aliphatic rings. The van der Waals surface area contributed by atoms with Crippen LogP contribution in [0.4, 0.5) is 5.69 Å². The van der Waals surface area contributed by atoms with Crippen molar-refractivity contribution >= 4 is 22.6 Å². The third-order valence-electron chi connectivity index (χ3n) is 2.26. The molecule has 1 aromatic heterocycles. The Morgan fingerprint density at radius 1 is 1.42 bits per heavy atom. The number of ether oxygens (including phenoxy) is 1. The summed E-state index contributed by atoms with van der Waals surface area (Å²) in [5, 5.41) is 14.6. The van der Waals surface area contributed by atoms with Crippen LogP contribution in [0.15, 0.2) is 22.7 Å². The van der Waals surface area contributed by atoms with E-state index in [-0.39, 0.29) is 16.8 Å². The minimum absolute atomic E-state index is 0.0615. The summed E-state index contributed by atoms with van der Waals surface area (Å²) >= 11 is 0. The van der Waals surface area contributed by atoms with Crippen LogP contribution in [0.3, 0.4) is 0 Å². The molecule has 100 valence electrons. The van der Waals surface area contributed by atoms with Gasteiger partial charge in [0.2, 0.25) is 0 Å². The predicted molar refractivity (Wildman–Crippen MR) is 65.8 cm³/mol. The van der Waals surface area contributed by atoms with Crippen molar-refractivity contribution in [2.24, 2.45) is 0 Å². The van der Waals surface area contributed by atoms with E-state index in [0.717, 1.165) is 0 Å². The van der Waals surface area contributed by atoms with Crippen molar-refractivity contribution in [1.29, 1.82) is 0 Å². The first-order valence-electron chi connectivity index (χ1n) is 5.55. The molecule has 0 spiro atoms. The number of non-ortho nitro benzene ring substituents is 1. The fourth-order valence-corrected chi connectivity index (χ4v) is 1.51. The zero-order chi connectivity index (χ0) is 14.2. The summed E-state index contributed by atoms with van der Waals surface area (Å²) in [4.78, 5) is 22.1. The molecule has 0 unspecified atom stereocenters. The minimum Gasteiger partial charge on any atom is -0.455 e. The van der Waals surface area contributed by atoms with Crippen molar-refractivity contribution in [3.05, 3.63) is 34.0 Å². The molecule has 2 rings (SSSR count). The van der Waals surface area contributed by atoms with Gasteiger partial charge in [0.15, 0.2) is 11.3 Å². The maximum Gasteiger partial charge on any atom is 0.361 e. The number of nitro benzene ring substituents is 1. The normalized spacial score (nSPS) is 11.5. The first-order chi connectivity index (χ1) is 8.78. The summed E-state index contributed by atoms with van der Waals surface area (Å²) in [6, 6.07) is 3.92. The average molecular weight is 264 g/mol. The standard InChI is InChI=1S/C12H12N2O5/c1-12(2,3)18-11(15)10-8-6-7(14(16)17)4-5-9(8)19-13-10/h4-6H,1-3H3. The van der Waals surface area contributed by atoms with Crippen LogP contribution in [0.1, 0.15) is 31.3 Å². The molecule has 0 radical (unpaired) electrons. The Hall–Kier alpha value is -2.44. The third kappa shape index (κ3) is 2.70. The van der Waals surface area contributed by atoms with Gasteiger partial charge in [-0.2, -0.15) is 0 Å². The molecular weight excluding hydrogens is 252 g/mol. The van der Waals surface area contributed by atoms with Gasteiger partial charge in [0.25, 0.3) is 5.69 Å². The zero-order valence-corrected chi connectivity index (χ0v) is 10.7. The molecule has 0 aliphatic carbocycles. The van der Waals surface area contributed by atoms with Gasteiger partial charge < -0.3 is 9.26 Å². The van der Waals surface area contributed by atoms with E-state index in [4.69, 9.17) is 9.26 Å². The average Bonchev–Trinajstić information content (AvgIpc) is 2.68. The predicted octanol–water partition coefficient (Wildman–Crippen LogP) is 2.69.